The van der Waals surface area contributed by atoms with Crippen molar-refractivity contribution in [1.29, 1.82) is 0 Å². The molecule has 0 aliphatic carbocycles. The molecule has 1 aliphatic heterocycles. The van der Waals surface area contributed by atoms with Gasteiger partial charge in [-0.15, -0.1) is 0 Å². The third-order valence-corrected chi connectivity index (χ3v) is 5.22. The minimum atomic E-state index is -1.40. The zero-order valence-electron chi connectivity index (χ0n) is 17.8. The molecular formula is C21H28N6O4. The molecule has 4 N–H and O–H groups in total. The molecule has 10 nitrogen and oxygen atoms in total. The Balaban J connectivity index is 1.60. The average Bonchev–Trinajstić information content (AvgIpc) is 2.94. The van der Waals surface area contributed by atoms with Crippen LogP contribution in [-0.4, -0.2) is 75.2 Å². The highest BCUT2D eigenvalue weighted by Gasteiger charge is 2.35. The Morgan fingerprint density at radius 1 is 1.29 bits per heavy atom. The van der Waals surface area contributed by atoms with E-state index in [4.69, 9.17) is 10.5 Å². The average molecular weight is 428 g/mol. The van der Waals surface area contributed by atoms with Crippen molar-refractivity contribution in [2.75, 3.05) is 38.6 Å². The topological polar surface area (TPSA) is 144 Å². The van der Waals surface area contributed by atoms with Crippen LogP contribution < -0.4 is 11.1 Å². The van der Waals surface area contributed by atoms with Gasteiger partial charge in [-0.3, -0.25) is 14.6 Å². The number of carbonyl (C=O) groups excluding carboxylic acids is 2. The van der Waals surface area contributed by atoms with Crippen molar-refractivity contribution in [3.63, 3.8) is 0 Å². The number of hydrogen-bond donors (Lipinski definition) is 3. The summed E-state index contributed by atoms with van der Waals surface area (Å²) in [7, 11) is 0. The molecule has 2 aromatic heterocycles. The smallest absolute Gasteiger partial charge is 0.269 e. The Kier molecular flexibility index (Phi) is 7.13. The van der Waals surface area contributed by atoms with Gasteiger partial charge in [0.2, 0.25) is 11.9 Å². The maximum Gasteiger partial charge on any atom is 0.269 e. The number of nitrogens with two attached hydrogens (primary N) is 1. The summed E-state index contributed by atoms with van der Waals surface area (Å²) in [6.45, 7) is 4.38. The van der Waals surface area contributed by atoms with Crippen LogP contribution in [-0.2, 0) is 16.0 Å². The van der Waals surface area contributed by atoms with Crippen LogP contribution in [0.15, 0.2) is 24.4 Å². The Bertz CT molecular complexity index is 916. The van der Waals surface area contributed by atoms with Gasteiger partial charge in [-0.1, -0.05) is 6.07 Å². The summed E-state index contributed by atoms with van der Waals surface area (Å²) in [6.07, 6.45) is 2.24. The number of rotatable bonds is 6. The van der Waals surface area contributed by atoms with Crippen molar-refractivity contribution in [2.45, 2.75) is 32.3 Å². The summed E-state index contributed by atoms with van der Waals surface area (Å²) in [5.74, 6) is -0.298. The molecule has 0 spiro atoms. The van der Waals surface area contributed by atoms with Crippen molar-refractivity contribution in [1.82, 2.24) is 25.2 Å². The lowest BCUT2D eigenvalue weighted by atomic mass is 10.0. The van der Waals surface area contributed by atoms with Crippen LogP contribution >= 0.6 is 0 Å². The number of nitrogens with zero attached hydrogens (tertiary/aromatic N) is 4. The van der Waals surface area contributed by atoms with Crippen molar-refractivity contribution in [3.05, 3.63) is 47.0 Å². The van der Waals surface area contributed by atoms with Crippen LogP contribution in [0.5, 0.6) is 0 Å². The standard InChI is InChI=1S/C21H28N6O4/c1-14-16(15(2)26-20(22)25-14)6-7-18(28)27-9-10-31-13-21(30,12-27)11-24-19(29)17-5-3-4-8-23-17/h3-5,8,30H,6-7,9-13H2,1-2H3,(H,24,29)(H2,22,25,26)/t21-/m0/s1. The fraction of sp³-hybridized carbons (Fsp3) is 0.476. The molecular weight excluding hydrogens is 400 g/mol. The molecule has 3 rings (SSSR count). The number of aliphatic hydroxyl groups is 1. The Morgan fingerprint density at radius 3 is 2.71 bits per heavy atom. The second kappa shape index (κ2) is 9.80. The number of nitrogen functional groups attached to an aromatic ring is 1. The zero-order valence-corrected chi connectivity index (χ0v) is 17.8. The summed E-state index contributed by atoms with van der Waals surface area (Å²) >= 11 is 0. The van der Waals surface area contributed by atoms with Gasteiger partial charge in [0.05, 0.1) is 26.3 Å². The van der Waals surface area contributed by atoms with E-state index in [-0.39, 0.29) is 43.7 Å². The van der Waals surface area contributed by atoms with E-state index >= 15 is 0 Å². The number of β-amino-alcohol motifs (C(OH)–C–C–N with tert-alkyl or cyclic N) is 1. The summed E-state index contributed by atoms with van der Waals surface area (Å²) < 4.78 is 5.50. The first-order chi connectivity index (χ1) is 14.8. The number of nitrogens with one attached hydrogen (secondary N) is 1. The van der Waals surface area contributed by atoms with E-state index in [0.29, 0.717) is 19.6 Å². The lowest BCUT2D eigenvalue weighted by Gasteiger charge is -2.31. The van der Waals surface area contributed by atoms with Crippen LogP contribution in [0.1, 0.15) is 33.9 Å². The van der Waals surface area contributed by atoms with Gasteiger partial charge in [-0.2, -0.15) is 0 Å². The fourth-order valence-corrected chi connectivity index (χ4v) is 3.59. The van der Waals surface area contributed by atoms with Gasteiger partial charge in [0, 0.05) is 30.6 Å². The Morgan fingerprint density at radius 2 is 2.03 bits per heavy atom. The van der Waals surface area contributed by atoms with Gasteiger partial charge in [0.25, 0.3) is 5.91 Å². The monoisotopic (exact) mass is 428 g/mol. The van der Waals surface area contributed by atoms with Crippen LogP contribution in [0.3, 0.4) is 0 Å². The first-order valence-corrected chi connectivity index (χ1v) is 10.1. The highest BCUT2D eigenvalue weighted by molar-refractivity contribution is 5.92. The molecule has 0 saturated carbocycles. The first-order valence-electron chi connectivity index (χ1n) is 10.1. The predicted octanol–water partition coefficient (Wildman–Crippen LogP) is 0.0231. The van der Waals surface area contributed by atoms with E-state index in [0.717, 1.165) is 17.0 Å². The number of pyridine rings is 1. The third-order valence-electron chi connectivity index (χ3n) is 5.22. The highest BCUT2D eigenvalue weighted by Crippen LogP contribution is 2.17. The van der Waals surface area contributed by atoms with Crippen LogP contribution in [0.2, 0.25) is 0 Å². The number of ether oxygens (including phenoxy) is 1. The fourth-order valence-electron chi connectivity index (χ4n) is 3.59. The molecule has 1 saturated heterocycles. The maximum atomic E-state index is 12.9. The second-order valence-corrected chi connectivity index (χ2v) is 7.72. The minimum absolute atomic E-state index is 0.0172. The van der Waals surface area contributed by atoms with Crippen molar-refractivity contribution >= 4 is 17.8 Å². The zero-order chi connectivity index (χ0) is 22.4. The van der Waals surface area contributed by atoms with Gasteiger partial charge in [0.15, 0.2) is 0 Å². The van der Waals surface area contributed by atoms with Gasteiger partial charge >= 0.3 is 0 Å². The van der Waals surface area contributed by atoms with Crippen molar-refractivity contribution < 1.29 is 19.4 Å². The molecule has 2 aromatic rings. The SMILES string of the molecule is Cc1nc(N)nc(C)c1CCC(=O)N1CCOC[C@](O)(CNC(=O)c2ccccn2)C1. The molecule has 0 radical (unpaired) electrons. The molecule has 166 valence electrons. The molecule has 10 heteroatoms. The number of anilines is 1. The molecule has 3 heterocycles. The number of aryl methyl sites for hydroxylation is 2. The maximum absolute atomic E-state index is 12.9. The number of hydrogen-bond acceptors (Lipinski definition) is 8. The van der Waals surface area contributed by atoms with Crippen molar-refractivity contribution in [2.24, 2.45) is 0 Å². The largest absolute Gasteiger partial charge is 0.384 e. The van der Waals surface area contributed by atoms with E-state index in [9.17, 15) is 14.7 Å². The van der Waals surface area contributed by atoms with Gasteiger partial charge < -0.3 is 25.8 Å². The summed E-state index contributed by atoms with van der Waals surface area (Å²) in [5, 5.41) is 13.7. The molecule has 0 unspecified atom stereocenters. The minimum Gasteiger partial charge on any atom is -0.384 e. The molecule has 1 atom stereocenters. The van der Waals surface area contributed by atoms with E-state index < -0.39 is 11.5 Å². The van der Waals surface area contributed by atoms with E-state index in [1.54, 1.807) is 23.1 Å². The second-order valence-electron chi connectivity index (χ2n) is 7.72. The normalized spacial score (nSPS) is 19.0. The summed E-state index contributed by atoms with van der Waals surface area (Å²) in [6, 6.07) is 5.01. The van der Waals surface area contributed by atoms with Gasteiger partial charge in [-0.05, 0) is 38.0 Å². The molecule has 0 bridgehead atoms. The number of carbonyl (C=O) groups is 2. The van der Waals surface area contributed by atoms with E-state index in [2.05, 4.69) is 20.3 Å². The predicted molar refractivity (Wildman–Crippen MR) is 113 cm³/mol. The van der Waals surface area contributed by atoms with Crippen LogP contribution in [0.25, 0.3) is 0 Å². The highest BCUT2D eigenvalue weighted by atomic mass is 16.5. The number of aromatic nitrogens is 3. The van der Waals surface area contributed by atoms with Crippen LogP contribution in [0.4, 0.5) is 5.95 Å². The van der Waals surface area contributed by atoms with Gasteiger partial charge in [-0.25, -0.2) is 9.97 Å². The lowest BCUT2D eigenvalue weighted by Crippen LogP contribution is -2.53. The first kappa shape index (κ1) is 22.6. The Labute approximate surface area is 180 Å². The van der Waals surface area contributed by atoms with Crippen LogP contribution in [0, 0.1) is 13.8 Å². The molecule has 31 heavy (non-hydrogen) atoms. The lowest BCUT2D eigenvalue weighted by molar-refractivity contribution is -0.133. The van der Waals surface area contributed by atoms with Gasteiger partial charge in [0.1, 0.15) is 11.3 Å². The van der Waals surface area contributed by atoms with E-state index in [1.165, 1.54) is 6.20 Å². The summed E-state index contributed by atoms with van der Waals surface area (Å²) in [5.41, 5.74) is 6.93. The Hall–Kier alpha value is -3.11. The summed E-state index contributed by atoms with van der Waals surface area (Å²) in [4.78, 5) is 39.0. The molecule has 0 aromatic carbocycles. The number of amides is 2. The molecule has 1 fully saturated rings. The molecule has 1 aliphatic rings. The van der Waals surface area contributed by atoms with E-state index in [1.807, 2.05) is 13.8 Å². The quantitative estimate of drug-likeness (QED) is 0.584. The molecule has 2 amide bonds. The third kappa shape index (κ3) is 5.96. The van der Waals surface area contributed by atoms with Crippen molar-refractivity contribution in [3.8, 4) is 0 Å².